The highest BCUT2D eigenvalue weighted by Crippen LogP contribution is 2.48. The van der Waals surface area contributed by atoms with Crippen LogP contribution in [-0.4, -0.2) is 61.6 Å². The lowest BCUT2D eigenvalue weighted by atomic mass is 9.82. The quantitative estimate of drug-likeness (QED) is 0.232. The number of carbonyl (C=O) groups excluding carboxylic acids is 1. The number of rotatable bonds is 7. The summed E-state index contributed by atoms with van der Waals surface area (Å²) in [6.07, 6.45) is 7.74. The molecule has 1 aliphatic carbocycles. The van der Waals surface area contributed by atoms with Gasteiger partial charge >= 0.3 is 5.97 Å². The van der Waals surface area contributed by atoms with E-state index in [1.54, 1.807) is 19.1 Å². The number of carboxylic acids is 1. The van der Waals surface area contributed by atoms with E-state index in [4.69, 9.17) is 9.97 Å². The zero-order valence-electron chi connectivity index (χ0n) is 26.8. The highest BCUT2D eigenvalue weighted by atomic mass is 16.4. The molecule has 0 atom stereocenters. The van der Waals surface area contributed by atoms with Crippen LogP contribution in [0.25, 0.3) is 22.3 Å². The lowest BCUT2D eigenvalue weighted by Gasteiger charge is -2.48. The van der Waals surface area contributed by atoms with Gasteiger partial charge in [0.25, 0.3) is 0 Å². The smallest absolute Gasteiger partial charge is 0.336 e. The average Bonchev–Trinajstić information content (AvgIpc) is 3.51. The Morgan fingerprint density at radius 3 is 2.49 bits per heavy atom. The summed E-state index contributed by atoms with van der Waals surface area (Å²) in [7, 11) is 0. The van der Waals surface area contributed by atoms with E-state index in [1.165, 1.54) is 32.4 Å². The number of amides is 1. The number of aryl methyl sites for hydroxylation is 1. The number of aromatic carboxylic acids is 1. The molecular weight excluding hydrogens is 564 g/mol. The number of nitrogens with one attached hydrogen (secondary N) is 1. The molecule has 0 unspecified atom stereocenters. The summed E-state index contributed by atoms with van der Waals surface area (Å²) in [5.41, 5.74) is 6.33. The van der Waals surface area contributed by atoms with Crippen molar-refractivity contribution in [3.05, 3.63) is 65.5 Å². The van der Waals surface area contributed by atoms with E-state index in [0.717, 1.165) is 46.4 Å². The van der Waals surface area contributed by atoms with Crippen LogP contribution in [0.5, 0.6) is 0 Å². The van der Waals surface area contributed by atoms with Gasteiger partial charge in [0.05, 0.1) is 28.5 Å². The largest absolute Gasteiger partial charge is 0.478 e. The number of imidazole rings is 1. The lowest BCUT2D eigenvalue weighted by molar-refractivity contribution is -0.123. The minimum absolute atomic E-state index is 0.147. The van der Waals surface area contributed by atoms with Crippen LogP contribution in [-0.2, 0) is 10.2 Å². The summed E-state index contributed by atoms with van der Waals surface area (Å²) in [4.78, 5) is 40.3. The number of carboxylic acid groups (broad SMARTS) is 1. The Hall–Kier alpha value is -4.24. The molecule has 45 heavy (non-hydrogen) atoms. The number of likely N-dealkylation sites (tertiary alicyclic amines) is 1. The Kier molecular flexibility index (Phi) is 7.19. The van der Waals surface area contributed by atoms with Crippen LogP contribution in [0.1, 0.15) is 87.3 Å². The normalized spacial score (nSPS) is 21.3. The first-order valence-electron chi connectivity index (χ1n) is 16.2. The summed E-state index contributed by atoms with van der Waals surface area (Å²) >= 11 is 0. The number of benzene rings is 2. The van der Waals surface area contributed by atoms with Crippen molar-refractivity contribution >= 4 is 40.1 Å². The Balaban J connectivity index is 1.27. The van der Waals surface area contributed by atoms with Gasteiger partial charge in [-0.05, 0) is 109 Å². The predicted molar refractivity (Wildman–Crippen MR) is 178 cm³/mol. The average molecular weight is 607 g/mol. The fraction of sp³-hybridized carbons (Fsp3) is 0.444. The highest BCUT2D eigenvalue weighted by Gasteiger charge is 2.50. The second-order valence-corrected chi connectivity index (χ2v) is 13.8. The molecule has 3 aliphatic rings. The van der Waals surface area contributed by atoms with Crippen LogP contribution in [0.15, 0.2) is 48.8 Å². The van der Waals surface area contributed by atoms with Gasteiger partial charge in [0, 0.05) is 35.1 Å². The second-order valence-electron chi connectivity index (χ2n) is 13.8. The molecule has 2 N–H and O–H groups in total. The number of aromatic nitrogens is 3. The molecule has 2 aromatic carbocycles. The van der Waals surface area contributed by atoms with Crippen LogP contribution < -0.4 is 10.2 Å². The zero-order chi connectivity index (χ0) is 31.6. The number of nitrogens with zero attached hydrogens (tertiary/aromatic N) is 5. The topological polar surface area (TPSA) is 104 Å². The van der Waals surface area contributed by atoms with Crippen LogP contribution in [0, 0.1) is 6.92 Å². The van der Waals surface area contributed by atoms with Gasteiger partial charge < -0.3 is 24.8 Å². The Bertz CT molecular complexity index is 1810. The third kappa shape index (κ3) is 4.97. The minimum Gasteiger partial charge on any atom is -0.478 e. The summed E-state index contributed by atoms with van der Waals surface area (Å²) in [5, 5.41) is 13.1. The number of fused-ring (bicyclic) bond motifs is 2. The Morgan fingerprint density at radius 1 is 1.02 bits per heavy atom. The number of hydrogen-bond acceptors (Lipinski definition) is 6. The first kappa shape index (κ1) is 29.5. The number of anilines is 3. The molecule has 1 amide bonds. The maximum absolute atomic E-state index is 13.9. The third-order valence-corrected chi connectivity index (χ3v) is 10.2. The third-order valence-electron chi connectivity index (χ3n) is 10.2. The van der Waals surface area contributed by atoms with Gasteiger partial charge in [0.2, 0.25) is 5.91 Å². The van der Waals surface area contributed by atoms with E-state index >= 15 is 0 Å². The van der Waals surface area contributed by atoms with Gasteiger partial charge in [-0.25, -0.2) is 14.8 Å². The van der Waals surface area contributed by atoms with Crippen molar-refractivity contribution in [3.8, 4) is 11.3 Å². The first-order chi connectivity index (χ1) is 21.5. The summed E-state index contributed by atoms with van der Waals surface area (Å²) < 4.78 is 2.07. The van der Waals surface area contributed by atoms with Crippen molar-refractivity contribution < 1.29 is 14.7 Å². The van der Waals surface area contributed by atoms with Crippen molar-refractivity contribution in [2.24, 2.45) is 0 Å². The van der Waals surface area contributed by atoms with Gasteiger partial charge in [0.1, 0.15) is 5.52 Å². The van der Waals surface area contributed by atoms with Gasteiger partial charge in [0.15, 0.2) is 5.82 Å². The van der Waals surface area contributed by atoms with Crippen molar-refractivity contribution in [2.45, 2.75) is 90.3 Å². The van der Waals surface area contributed by atoms with Crippen molar-refractivity contribution in [1.82, 2.24) is 19.4 Å². The molecule has 9 heteroatoms. The molecule has 2 fully saturated rings. The minimum atomic E-state index is -0.968. The van der Waals surface area contributed by atoms with E-state index in [-0.39, 0.29) is 23.6 Å². The molecule has 0 radical (unpaired) electrons. The van der Waals surface area contributed by atoms with E-state index < -0.39 is 11.4 Å². The molecular formula is C36H42N6O3. The highest BCUT2D eigenvalue weighted by molar-refractivity contribution is 6.09. The molecule has 7 rings (SSSR count). The summed E-state index contributed by atoms with van der Waals surface area (Å²) in [6.45, 7) is 12.4. The van der Waals surface area contributed by atoms with E-state index in [9.17, 15) is 14.7 Å². The number of pyridine rings is 1. The van der Waals surface area contributed by atoms with E-state index in [1.807, 2.05) is 32.3 Å². The van der Waals surface area contributed by atoms with Crippen molar-refractivity contribution in [1.29, 1.82) is 0 Å². The fourth-order valence-electron chi connectivity index (χ4n) is 7.41. The first-order valence-corrected chi connectivity index (χ1v) is 16.2. The Labute approximate surface area is 264 Å². The van der Waals surface area contributed by atoms with E-state index in [0.29, 0.717) is 23.1 Å². The summed E-state index contributed by atoms with van der Waals surface area (Å²) in [5.74, 6) is -0.193. The predicted octanol–water partition coefficient (Wildman–Crippen LogP) is 7.07. The molecule has 1 saturated heterocycles. The number of hydrogen-bond donors (Lipinski definition) is 2. The van der Waals surface area contributed by atoms with Crippen molar-refractivity contribution in [3.63, 3.8) is 0 Å². The molecule has 9 nitrogen and oxygen atoms in total. The van der Waals surface area contributed by atoms with Crippen molar-refractivity contribution in [2.75, 3.05) is 23.3 Å². The maximum Gasteiger partial charge on any atom is 0.336 e. The van der Waals surface area contributed by atoms with Gasteiger partial charge in [-0.15, -0.1) is 0 Å². The standard InChI is InChI=1S/C36H42N6O3/c1-21(2)41-20-37-30-19-29(39-33(32(30)41)38-24-11-9-22(3)27(16-24)34(43)44)23-10-12-28-31(15-23)42(35(45)36(28,4)5)26-17-25(18-26)40-13-7-6-8-14-40/h9-12,15-16,19-21,25-26H,6-8,13-14,17-18H2,1-5H3,(H,38,39)(H,43,44)/t25-,26+. The van der Waals surface area contributed by atoms with E-state index in [2.05, 4.69) is 51.7 Å². The van der Waals surface area contributed by atoms with Crippen LogP contribution in [0.2, 0.25) is 0 Å². The van der Waals surface area contributed by atoms with Gasteiger partial charge in [-0.2, -0.15) is 0 Å². The second kappa shape index (κ2) is 11.0. The van der Waals surface area contributed by atoms with Gasteiger partial charge in [-0.3, -0.25) is 4.79 Å². The molecule has 2 aromatic heterocycles. The van der Waals surface area contributed by atoms with Crippen LogP contribution >= 0.6 is 0 Å². The number of carbonyl (C=O) groups is 2. The SMILES string of the molecule is Cc1ccc(Nc2nc(-c3ccc4c(c3)N([C@H]3C[C@@H](N5CCCCC5)C3)C(=O)C4(C)C)cc3ncn(C(C)C)c23)cc1C(=O)O. The molecule has 234 valence electrons. The van der Waals surface area contributed by atoms with Crippen LogP contribution in [0.3, 0.4) is 0 Å². The zero-order valence-corrected chi connectivity index (χ0v) is 26.8. The molecule has 0 spiro atoms. The number of piperidine rings is 1. The molecule has 1 saturated carbocycles. The molecule has 0 bridgehead atoms. The fourth-order valence-corrected chi connectivity index (χ4v) is 7.41. The molecule has 2 aliphatic heterocycles. The maximum atomic E-state index is 13.9. The summed E-state index contributed by atoms with van der Waals surface area (Å²) in [6, 6.07) is 14.5. The Morgan fingerprint density at radius 2 is 1.78 bits per heavy atom. The monoisotopic (exact) mass is 606 g/mol. The molecule has 4 aromatic rings. The van der Waals surface area contributed by atoms with Gasteiger partial charge in [-0.1, -0.05) is 24.6 Å². The lowest BCUT2D eigenvalue weighted by Crippen LogP contribution is -2.57. The van der Waals surface area contributed by atoms with Crippen LogP contribution in [0.4, 0.5) is 17.2 Å². The molecule has 4 heterocycles.